The number of piperazine rings is 1. The molecule has 0 aliphatic carbocycles. The minimum atomic E-state index is 0.0245. The zero-order chi connectivity index (χ0) is 20.3. The molecule has 0 spiro atoms. The van der Waals surface area contributed by atoms with Gasteiger partial charge in [-0.05, 0) is 44.0 Å². The fraction of sp³-hybridized carbons (Fsp3) is 0.375. The van der Waals surface area contributed by atoms with Gasteiger partial charge in [0, 0.05) is 37.3 Å². The largest absolute Gasteiger partial charge is 0.508 e. The normalized spacial score (nSPS) is 22.0. The summed E-state index contributed by atoms with van der Waals surface area (Å²) >= 11 is 0. The van der Waals surface area contributed by atoms with E-state index in [2.05, 4.69) is 36.3 Å². The van der Waals surface area contributed by atoms with Gasteiger partial charge in [0.1, 0.15) is 5.75 Å². The first kappa shape index (κ1) is 20.3. The zero-order valence-corrected chi connectivity index (χ0v) is 17.0. The molecular formula is C24H30N2O2. The van der Waals surface area contributed by atoms with Crippen molar-refractivity contribution in [1.82, 2.24) is 9.80 Å². The highest BCUT2D eigenvalue weighted by molar-refractivity contribution is 5.94. The SMILES string of the molecule is C=CCN1C[C@H](C)N(C(c2ccc(C(C)=O)cc2)c2cccc(O)c2)C[C@@H]1C. The minimum absolute atomic E-state index is 0.0245. The van der Waals surface area contributed by atoms with Gasteiger partial charge in [0.05, 0.1) is 6.04 Å². The highest BCUT2D eigenvalue weighted by Gasteiger charge is 2.34. The van der Waals surface area contributed by atoms with Crippen molar-refractivity contribution < 1.29 is 9.90 Å². The topological polar surface area (TPSA) is 43.8 Å². The smallest absolute Gasteiger partial charge is 0.159 e. The highest BCUT2D eigenvalue weighted by atomic mass is 16.3. The summed E-state index contributed by atoms with van der Waals surface area (Å²) in [5, 5.41) is 10.1. The summed E-state index contributed by atoms with van der Waals surface area (Å²) in [4.78, 5) is 16.6. The molecule has 28 heavy (non-hydrogen) atoms. The van der Waals surface area contributed by atoms with Crippen LogP contribution in [0.3, 0.4) is 0 Å². The van der Waals surface area contributed by atoms with Crippen LogP contribution in [0, 0.1) is 0 Å². The molecule has 0 amide bonds. The van der Waals surface area contributed by atoms with Crippen LogP contribution in [0.2, 0.25) is 0 Å². The van der Waals surface area contributed by atoms with Gasteiger partial charge in [-0.25, -0.2) is 0 Å². The van der Waals surface area contributed by atoms with E-state index in [1.54, 1.807) is 13.0 Å². The van der Waals surface area contributed by atoms with Crippen molar-refractivity contribution in [2.75, 3.05) is 19.6 Å². The lowest BCUT2D eigenvalue weighted by Crippen LogP contribution is -2.57. The van der Waals surface area contributed by atoms with Crippen LogP contribution >= 0.6 is 0 Å². The van der Waals surface area contributed by atoms with Gasteiger partial charge < -0.3 is 5.11 Å². The molecule has 3 atom stereocenters. The van der Waals surface area contributed by atoms with E-state index in [4.69, 9.17) is 0 Å². The van der Waals surface area contributed by atoms with Crippen LogP contribution in [-0.2, 0) is 0 Å². The molecule has 4 heteroatoms. The van der Waals surface area contributed by atoms with Crippen LogP contribution in [0.15, 0.2) is 61.2 Å². The molecule has 1 saturated heterocycles. The number of hydrogen-bond acceptors (Lipinski definition) is 4. The van der Waals surface area contributed by atoms with Gasteiger partial charge in [0.15, 0.2) is 5.78 Å². The molecule has 148 valence electrons. The predicted octanol–water partition coefficient (Wildman–Crippen LogP) is 4.26. The number of phenols is 1. The van der Waals surface area contributed by atoms with Crippen molar-refractivity contribution in [2.45, 2.75) is 38.9 Å². The number of Topliss-reactive ketones (excluding diaryl/α,β-unsaturated/α-hetero) is 1. The van der Waals surface area contributed by atoms with Gasteiger partial charge in [0.2, 0.25) is 0 Å². The van der Waals surface area contributed by atoms with Gasteiger partial charge >= 0.3 is 0 Å². The third-order valence-electron chi connectivity index (χ3n) is 5.68. The van der Waals surface area contributed by atoms with Crippen LogP contribution in [-0.4, -0.2) is 52.4 Å². The summed E-state index contributed by atoms with van der Waals surface area (Å²) in [7, 11) is 0. The first-order valence-electron chi connectivity index (χ1n) is 9.91. The Morgan fingerprint density at radius 2 is 1.86 bits per heavy atom. The molecule has 1 N–H and O–H groups in total. The maximum Gasteiger partial charge on any atom is 0.159 e. The van der Waals surface area contributed by atoms with E-state index < -0.39 is 0 Å². The van der Waals surface area contributed by atoms with Gasteiger partial charge in [-0.1, -0.05) is 42.5 Å². The molecule has 2 aromatic rings. The number of phenolic OH excluding ortho intramolecular Hbond substituents is 1. The lowest BCUT2D eigenvalue weighted by atomic mass is 9.92. The second kappa shape index (κ2) is 8.72. The summed E-state index contributed by atoms with van der Waals surface area (Å²) in [6, 6.07) is 16.2. The monoisotopic (exact) mass is 378 g/mol. The third kappa shape index (κ3) is 4.34. The van der Waals surface area contributed by atoms with E-state index in [1.807, 2.05) is 42.5 Å². The van der Waals surface area contributed by atoms with Crippen molar-refractivity contribution in [3.63, 3.8) is 0 Å². The maximum atomic E-state index is 11.7. The first-order valence-corrected chi connectivity index (χ1v) is 9.91. The lowest BCUT2D eigenvalue weighted by Gasteiger charge is -2.47. The summed E-state index contributed by atoms with van der Waals surface area (Å²) in [6.07, 6.45) is 1.96. The highest BCUT2D eigenvalue weighted by Crippen LogP contribution is 2.34. The second-order valence-electron chi connectivity index (χ2n) is 7.81. The number of hydrogen-bond donors (Lipinski definition) is 1. The van der Waals surface area contributed by atoms with Gasteiger partial charge in [-0.2, -0.15) is 0 Å². The molecule has 4 nitrogen and oxygen atoms in total. The molecule has 1 heterocycles. The van der Waals surface area contributed by atoms with Crippen molar-refractivity contribution in [2.24, 2.45) is 0 Å². The summed E-state index contributed by atoms with van der Waals surface area (Å²) < 4.78 is 0. The molecule has 3 rings (SSSR count). The molecule has 0 bridgehead atoms. The van der Waals surface area contributed by atoms with Crippen LogP contribution in [0.25, 0.3) is 0 Å². The minimum Gasteiger partial charge on any atom is -0.508 e. The maximum absolute atomic E-state index is 11.7. The van der Waals surface area contributed by atoms with Crippen molar-refractivity contribution in [1.29, 1.82) is 0 Å². The Kier molecular flexibility index (Phi) is 6.32. The molecule has 0 radical (unpaired) electrons. The fourth-order valence-electron chi connectivity index (χ4n) is 4.18. The number of rotatable bonds is 6. The Balaban J connectivity index is 1.99. The summed E-state index contributed by atoms with van der Waals surface area (Å²) in [5.74, 6) is 0.342. The van der Waals surface area contributed by atoms with E-state index in [1.165, 1.54) is 0 Å². The van der Waals surface area contributed by atoms with Crippen LogP contribution in [0.1, 0.15) is 48.3 Å². The molecule has 0 aromatic heterocycles. The number of ketones is 1. The van der Waals surface area contributed by atoms with Gasteiger partial charge in [0.25, 0.3) is 0 Å². The second-order valence-corrected chi connectivity index (χ2v) is 7.81. The summed E-state index contributed by atoms with van der Waals surface area (Å²) in [6.45, 7) is 12.8. The van der Waals surface area contributed by atoms with Crippen LogP contribution in [0.5, 0.6) is 5.75 Å². The Labute approximate surface area is 168 Å². The van der Waals surface area contributed by atoms with Gasteiger partial charge in [-0.3, -0.25) is 14.6 Å². The van der Waals surface area contributed by atoms with E-state index in [0.717, 1.165) is 36.3 Å². The molecule has 1 fully saturated rings. The Morgan fingerprint density at radius 1 is 1.14 bits per heavy atom. The van der Waals surface area contributed by atoms with Gasteiger partial charge in [-0.15, -0.1) is 6.58 Å². The van der Waals surface area contributed by atoms with Crippen LogP contribution in [0.4, 0.5) is 0 Å². The summed E-state index contributed by atoms with van der Waals surface area (Å²) in [5.41, 5.74) is 2.91. The van der Waals surface area contributed by atoms with E-state index in [9.17, 15) is 9.90 Å². The third-order valence-corrected chi connectivity index (χ3v) is 5.68. The number of carbonyl (C=O) groups excluding carboxylic acids is 1. The Bertz CT molecular complexity index is 831. The Hall–Kier alpha value is -2.43. The average Bonchev–Trinajstić information content (AvgIpc) is 2.66. The zero-order valence-electron chi connectivity index (χ0n) is 17.0. The van der Waals surface area contributed by atoms with E-state index in [-0.39, 0.29) is 17.6 Å². The first-order chi connectivity index (χ1) is 13.4. The average molecular weight is 379 g/mol. The molecular weight excluding hydrogens is 348 g/mol. The number of benzene rings is 2. The molecule has 0 saturated carbocycles. The molecule has 1 aliphatic rings. The molecule has 2 aromatic carbocycles. The van der Waals surface area contributed by atoms with Crippen LogP contribution < -0.4 is 0 Å². The molecule has 1 aliphatic heterocycles. The number of carbonyl (C=O) groups is 1. The Morgan fingerprint density at radius 3 is 2.46 bits per heavy atom. The van der Waals surface area contributed by atoms with E-state index in [0.29, 0.717) is 12.1 Å². The van der Waals surface area contributed by atoms with Crippen molar-refractivity contribution in [3.05, 3.63) is 77.9 Å². The standard InChI is InChI=1S/C24H30N2O2/c1-5-13-25-15-18(3)26(16-17(25)2)24(22-7-6-8-23(28)14-22)21-11-9-20(10-12-21)19(4)27/h5-12,14,17-18,24,28H,1,13,15-16H2,2-4H3/t17-,18-,24?/m0/s1. The predicted molar refractivity (Wildman–Crippen MR) is 114 cm³/mol. The molecule has 1 unspecified atom stereocenters. The van der Waals surface area contributed by atoms with E-state index >= 15 is 0 Å². The quantitative estimate of drug-likeness (QED) is 0.602. The van der Waals surface area contributed by atoms with Crippen molar-refractivity contribution in [3.8, 4) is 5.75 Å². The number of aromatic hydroxyl groups is 1. The fourth-order valence-corrected chi connectivity index (χ4v) is 4.18. The van der Waals surface area contributed by atoms with Crippen molar-refractivity contribution >= 4 is 5.78 Å². The lowest BCUT2D eigenvalue weighted by molar-refractivity contribution is 0.0306. The number of nitrogens with zero attached hydrogens (tertiary/aromatic N) is 2.